The van der Waals surface area contributed by atoms with E-state index in [4.69, 9.17) is 17.7 Å². The normalized spacial score (nSPS) is 23.6. The maximum absolute atomic E-state index is 12.5. The first kappa shape index (κ1) is 22.0. The molecule has 0 N–H and O–H groups in total. The van der Waals surface area contributed by atoms with Crippen molar-refractivity contribution in [2.45, 2.75) is 71.0 Å². The van der Waals surface area contributed by atoms with Gasteiger partial charge in [0.05, 0.1) is 0 Å². The van der Waals surface area contributed by atoms with Gasteiger partial charge in [-0.25, -0.2) is 4.79 Å². The van der Waals surface area contributed by atoms with Crippen LogP contribution in [-0.4, -0.2) is 53.9 Å². The number of hydrogen-bond donors (Lipinski definition) is 0. The molecule has 0 aromatic heterocycles. The Kier molecular flexibility index (Phi) is 7.85. The van der Waals surface area contributed by atoms with Gasteiger partial charge in [0.25, 0.3) is 0 Å². The van der Waals surface area contributed by atoms with Crippen LogP contribution in [0.2, 0.25) is 45.3 Å². The highest BCUT2D eigenvalue weighted by Gasteiger charge is 2.55. The molecular weight excluding hydrogens is 373 g/mol. The molecule has 1 aliphatic heterocycles. The molecule has 1 atom stereocenters. The highest BCUT2D eigenvalue weighted by molar-refractivity contribution is 6.76. The summed E-state index contributed by atoms with van der Waals surface area (Å²) in [6.07, 6.45) is 1.98. The molecule has 0 saturated carbocycles. The van der Waals surface area contributed by atoms with Crippen molar-refractivity contribution >= 4 is 41.4 Å². The molecule has 1 unspecified atom stereocenters. The Balaban J connectivity index is 3.17. The van der Waals surface area contributed by atoms with E-state index in [1.807, 2.05) is 5.70 Å². The first-order valence-corrected chi connectivity index (χ1v) is 18.8. The summed E-state index contributed by atoms with van der Waals surface area (Å²) in [6, 6.07) is 0.743. The third-order valence-electron chi connectivity index (χ3n) is 3.57. The van der Waals surface area contributed by atoms with Crippen molar-refractivity contribution < 1.29 is 22.5 Å². The molecule has 140 valence electrons. The van der Waals surface area contributed by atoms with Crippen LogP contribution in [0.1, 0.15) is 19.8 Å². The maximum atomic E-state index is 12.5. The first-order chi connectivity index (χ1) is 10.9. The summed E-state index contributed by atoms with van der Waals surface area (Å²) >= 11 is 0. The average Bonchev–Trinajstić information content (AvgIpc) is 2.43. The van der Waals surface area contributed by atoms with Crippen LogP contribution in [0.5, 0.6) is 0 Å². The highest BCUT2D eigenvalue weighted by atomic mass is 28.4. The SMILES string of the molecule is CC(=C[SiH3])C(=O)O[Si]1(C(O[Si](C)(C)C)O[Si](C)(C)C)CCCCO1. The van der Waals surface area contributed by atoms with E-state index in [-0.39, 0.29) is 5.97 Å². The lowest BCUT2D eigenvalue weighted by Crippen LogP contribution is -2.62. The Labute approximate surface area is 153 Å². The van der Waals surface area contributed by atoms with Crippen LogP contribution >= 0.6 is 0 Å². The Hall–Kier alpha value is -0.0425. The minimum absolute atomic E-state index is 0.276. The summed E-state index contributed by atoms with van der Waals surface area (Å²) in [7, 11) is -5.87. The van der Waals surface area contributed by atoms with E-state index in [0.29, 0.717) is 12.2 Å². The predicted molar refractivity (Wildman–Crippen MR) is 108 cm³/mol. The summed E-state index contributed by atoms with van der Waals surface area (Å²) < 4.78 is 24.9. The number of carbonyl (C=O) groups excluding carboxylic acids is 1. The van der Waals surface area contributed by atoms with Gasteiger partial charge in [-0.1, -0.05) is 5.70 Å². The van der Waals surface area contributed by atoms with E-state index in [1.165, 1.54) is 0 Å². The lowest BCUT2D eigenvalue weighted by atomic mass is 10.4. The molecule has 0 radical (unpaired) electrons. The van der Waals surface area contributed by atoms with Crippen LogP contribution in [0.15, 0.2) is 11.3 Å². The summed E-state index contributed by atoms with van der Waals surface area (Å²) in [4.78, 5) is 12.5. The molecule has 1 heterocycles. The Morgan fingerprint density at radius 1 is 1.12 bits per heavy atom. The molecule has 1 fully saturated rings. The van der Waals surface area contributed by atoms with E-state index in [0.717, 1.165) is 29.1 Å². The fourth-order valence-corrected chi connectivity index (χ4v) is 10.1. The Morgan fingerprint density at radius 2 is 1.67 bits per heavy atom. The molecule has 1 saturated heterocycles. The summed E-state index contributed by atoms with van der Waals surface area (Å²) in [5, 5.41) is 0. The standard InChI is InChI=1S/C15H34O5Si4/c1-13(12-21)14(16)18-24(11-9-8-10-17-24)15(19-22(2,3)4)20-23(5,6)7/h12,15H,8-11H2,1-7,21H3. The van der Waals surface area contributed by atoms with Crippen LogP contribution < -0.4 is 0 Å². The molecular formula is C15H34O5Si4. The molecule has 0 aromatic rings. The molecule has 0 amide bonds. The van der Waals surface area contributed by atoms with Gasteiger partial charge in [-0.3, -0.25) is 0 Å². The smallest absolute Gasteiger partial charge is 0.457 e. The molecule has 1 aliphatic rings. The van der Waals surface area contributed by atoms with Crippen molar-refractivity contribution in [3.63, 3.8) is 0 Å². The largest absolute Gasteiger partial charge is 0.487 e. The van der Waals surface area contributed by atoms with Gasteiger partial charge in [0.2, 0.25) is 0 Å². The van der Waals surface area contributed by atoms with E-state index in [1.54, 1.807) is 6.92 Å². The van der Waals surface area contributed by atoms with Gasteiger partial charge in [0.15, 0.2) is 22.5 Å². The second-order valence-corrected chi connectivity index (χ2v) is 20.9. The fraction of sp³-hybridized carbons (Fsp3) is 0.800. The average molecular weight is 407 g/mol. The second kappa shape index (κ2) is 8.56. The van der Waals surface area contributed by atoms with Crippen molar-refractivity contribution in [3.05, 3.63) is 11.3 Å². The van der Waals surface area contributed by atoms with Crippen LogP contribution in [0, 0.1) is 0 Å². The van der Waals surface area contributed by atoms with Crippen LogP contribution in [0.3, 0.4) is 0 Å². The molecule has 0 bridgehead atoms. The van der Waals surface area contributed by atoms with Gasteiger partial charge in [0.1, 0.15) is 0 Å². The van der Waals surface area contributed by atoms with Crippen molar-refractivity contribution in [3.8, 4) is 0 Å². The minimum Gasteiger partial charge on any atom is -0.487 e. The first-order valence-electron chi connectivity index (χ1n) is 8.74. The van der Waals surface area contributed by atoms with E-state index in [9.17, 15) is 4.79 Å². The van der Waals surface area contributed by atoms with Gasteiger partial charge < -0.3 is 17.7 Å². The topological polar surface area (TPSA) is 54.0 Å². The molecule has 9 heteroatoms. The third-order valence-corrected chi connectivity index (χ3v) is 9.97. The van der Waals surface area contributed by atoms with E-state index < -0.39 is 31.1 Å². The molecule has 24 heavy (non-hydrogen) atoms. The highest BCUT2D eigenvalue weighted by Crippen LogP contribution is 2.32. The summed E-state index contributed by atoms with van der Waals surface area (Å²) in [5.41, 5.74) is 2.56. The van der Waals surface area contributed by atoms with Crippen LogP contribution in [-0.2, 0) is 22.5 Å². The van der Waals surface area contributed by atoms with E-state index in [2.05, 4.69) is 39.3 Å². The van der Waals surface area contributed by atoms with Gasteiger partial charge in [-0.15, -0.1) is 0 Å². The lowest BCUT2D eigenvalue weighted by molar-refractivity contribution is -0.135. The monoisotopic (exact) mass is 406 g/mol. The molecule has 0 aliphatic carbocycles. The van der Waals surface area contributed by atoms with Crippen molar-refractivity contribution in [1.29, 1.82) is 0 Å². The number of hydrogen-bond acceptors (Lipinski definition) is 5. The zero-order valence-electron chi connectivity index (χ0n) is 16.5. The minimum atomic E-state index is -2.92. The zero-order valence-corrected chi connectivity index (χ0v) is 21.5. The van der Waals surface area contributed by atoms with Gasteiger partial charge >= 0.3 is 14.5 Å². The number of carbonyl (C=O) groups is 1. The van der Waals surface area contributed by atoms with Crippen molar-refractivity contribution in [1.82, 2.24) is 0 Å². The van der Waals surface area contributed by atoms with E-state index >= 15 is 0 Å². The molecule has 1 rings (SSSR count). The zero-order chi connectivity index (χ0) is 18.6. The van der Waals surface area contributed by atoms with Crippen LogP contribution in [0.4, 0.5) is 0 Å². The number of rotatable bonds is 7. The maximum Gasteiger partial charge on any atom is 0.457 e. The fourth-order valence-electron chi connectivity index (χ4n) is 2.31. The lowest BCUT2D eigenvalue weighted by Gasteiger charge is -2.43. The third kappa shape index (κ3) is 7.06. The van der Waals surface area contributed by atoms with Gasteiger partial charge in [-0.05, 0) is 59.0 Å². The summed E-state index contributed by atoms with van der Waals surface area (Å²) in [5.74, 6) is -0.802. The summed E-state index contributed by atoms with van der Waals surface area (Å²) in [6.45, 7) is 15.2. The van der Waals surface area contributed by atoms with Crippen LogP contribution in [0.25, 0.3) is 0 Å². The second-order valence-electron chi connectivity index (χ2n) is 8.27. The van der Waals surface area contributed by atoms with Gasteiger partial charge in [-0.2, -0.15) is 0 Å². The van der Waals surface area contributed by atoms with Crippen molar-refractivity contribution in [2.24, 2.45) is 0 Å². The Morgan fingerprint density at radius 3 is 2.04 bits per heavy atom. The predicted octanol–water partition coefficient (Wildman–Crippen LogP) is 2.62. The quantitative estimate of drug-likeness (QED) is 0.369. The molecule has 5 nitrogen and oxygen atoms in total. The molecule has 0 aromatic carbocycles. The van der Waals surface area contributed by atoms with Gasteiger partial charge in [0, 0.05) is 28.5 Å². The molecule has 0 spiro atoms. The van der Waals surface area contributed by atoms with Crippen molar-refractivity contribution in [2.75, 3.05) is 6.61 Å². The Bertz CT molecular complexity index is 445.